The van der Waals surface area contributed by atoms with Crippen molar-refractivity contribution in [1.82, 2.24) is 0 Å². The average molecular weight is 469 g/mol. The number of hydrogen-bond donors (Lipinski definition) is 0. The smallest absolute Gasteiger partial charge is 0.213 e. The molecule has 0 rings (SSSR count). The molecule has 0 saturated heterocycles. The SMILES string of the molecule is CCCCCS(=O)(=O)S(=O)(=O)CCCCCS(=O)(=O)S(=O)(=O)CCCCC. The maximum atomic E-state index is 11.9. The van der Waals surface area contributed by atoms with Crippen molar-refractivity contribution < 1.29 is 33.7 Å². The van der Waals surface area contributed by atoms with Gasteiger partial charge in [0.05, 0.1) is 23.0 Å². The highest BCUT2D eigenvalue weighted by Gasteiger charge is 2.30. The van der Waals surface area contributed by atoms with E-state index in [-0.39, 0.29) is 32.1 Å². The topological polar surface area (TPSA) is 137 Å². The zero-order valence-corrected chi connectivity index (χ0v) is 19.4. The van der Waals surface area contributed by atoms with Crippen LogP contribution < -0.4 is 0 Å². The van der Waals surface area contributed by atoms with Crippen molar-refractivity contribution in [3.8, 4) is 0 Å². The molecule has 27 heavy (non-hydrogen) atoms. The molecule has 0 unspecified atom stereocenters. The molecule has 0 aromatic rings. The molecule has 12 heteroatoms. The fraction of sp³-hybridized carbons (Fsp3) is 1.00. The van der Waals surface area contributed by atoms with Gasteiger partial charge in [-0.1, -0.05) is 46.0 Å². The first kappa shape index (κ1) is 26.8. The van der Waals surface area contributed by atoms with Gasteiger partial charge < -0.3 is 0 Å². The van der Waals surface area contributed by atoms with Gasteiger partial charge in [-0.3, -0.25) is 0 Å². The second-order valence-electron chi connectivity index (χ2n) is 6.52. The van der Waals surface area contributed by atoms with E-state index in [1.54, 1.807) is 0 Å². The minimum atomic E-state index is -4.30. The monoisotopic (exact) mass is 468 g/mol. The highest BCUT2D eigenvalue weighted by molar-refractivity contribution is 8.67. The number of hydrogen-bond acceptors (Lipinski definition) is 8. The van der Waals surface area contributed by atoms with Gasteiger partial charge in [0, 0.05) is 0 Å². The van der Waals surface area contributed by atoms with Crippen LogP contribution in [0.4, 0.5) is 0 Å². The van der Waals surface area contributed by atoms with E-state index in [4.69, 9.17) is 0 Å². The molecule has 0 aliphatic heterocycles. The second-order valence-corrected chi connectivity index (χ2v) is 18.7. The van der Waals surface area contributed by atoms with Crippen LogP contribution in [0.3, 0.4) is 0 Å². The normalized spacial score (nSPS) is 13.7. The third-order valence-electron chi connectivity index (χ3n) is 4.06. The van der Waals surface area contributed by atoms with Crippen LogP contribution in [0.2, 0.25) is 0 Å². The summed E-state index contributed by atoms with van der Waals surface area (Å²) in [6.45, 7) is 3.75. The highest BCUT2D eigenvalue weighted by atomic mass is 33.2. The van der Waals surface area contributed by atoms with Gasteiger partial charge in [-0.05, 0) is 25.7 Å². The van der Waals surface area contributed by atoms with Crippen LogP contribution in [0.1, 0.15) is 71.6 Å². The van der Waals surface area contributed by atoms with Crippen LogP contribution in [-0.2, 0) is 35.5 Å². The summed E-state index contributed by atoms with van der Waals surface area (Å²) in [6, 6.07) is 0. The predicted octanol–water partition coefficient (Wildman–Crippen LogP) is 2.03. The first-order valence-electron chi connectivity index (χ1n) is 9.24. The van der Waals surface area contributed by atoms with Crippen molar-refractivity contribution in [2.45, 2.75) is 71.6 Å². The van der Waals surface area contributed by atoms with Crippen LogP contribution in [0.25, 0.3) is 0 Å². The lowest BCUT2D eigenvalue weighted by molar-refractivity contribution is 0.574. The Hall–Kier alpha value is -0.200. The molecule has 0 heterocycles. The molecular formula is C15H32O8S4. The predicted molar refractivity (Wildman–Crippen MR) is 108 cm³/mol. The summed E-state index contributed by atoms with van der Waals surface area (Å²) < 4.78 is 95.0. The van der Waals surface area contributed by atoms with E-state index in [0.717, 1.165) is 12.8 Å². The summed E-state index contributed by atoms with van der Waals surface area (Å²) in [5.41, 5.74) is 0. The van der Waals surface area contributed by atoms with Crippen molar-refractivity contribution in [2.75, 3.05) is 23.0 Å². The Morgan fingerprint density at radius 2 is 0.593 bits per heavy atom. The van der Waals surface area contributed by atoms with Gasteiger partial charge in [-0.2, -0.15) is 0 Å². The summed E-state index contributed by atoms with van der Waals surface area (Å²) in [5, 5.41) is 0. The van der Waals surface area contributed by atoms with E-state index in [0.29, 0.717) is 12.8 Å². The van der Waals surface area contributed by atoms with Crippen molar-refractivity contribution in [3.63, 3.8) is 0 Å². The molecule has 0 aliphatic carbocycles. The quantitative estimate of drug-likeness (QED) is 0.248. The Bertz CT molecular complexity index is 765. The van der Waals surface area contributed by atoms with E-state index in [9.17, 15) is 33.7 Å². The van der Waals surface area contributed by atoms with Crippen LogP contribution in [-0.4, -0.2) is 56.7 Å². The van der Waals surface area contributed by atoms with Gasteiger partial charge in [0.25, 0.3) is 35.5 Å². The van der Waals surface area contributed by atoms with Crippen LogP contribution in [0.15, 0.2) is 0 Å². The summed E-state index contributed by atoms with van der Waals surface area (Å²) in [7, 11) is -17.0. The second kappa shape index (κ2) is 11.7. The number of rotatable bonds is 16. The van der Waals surface area contributed by atoms with E-state index >= 15 is 0 Å². The first-order chi connectivity index (χ1) is 12.3. The van der Waals surface area contributed by atoms with E-state index in [1.807, 2.05) is 13.8 Å². The maximum Gasteiger partial charge on any atom is 0.253 e. The standard InChI is InChI=1S/C15H32O8S4/c1-3-5-8-12-24(16,17)26(20,21)14-10-7-11-15-27(22,23)25(18,19)13-9-6-4-2/h3-15H2,1-2H3. The van der Waals surface area contributed by atoms with Crippen molar-refractivity contribution >= 4 is 35.5 Å². The van der Waals surface area contributed by atoms with Gasteiger partial charge >= 0.3 is 0 Å². The van der Waals surface area contributed by atoms with Crippen molar-refractivity contribution in [2.24, 2.45) is 0 Å². The zero-order valence-electron chi connectivity index (χ0n) is 16.1. The molecule has 0 aromatic carbocycles. The Morgan fingerprint density at radius 1 is 0.370 bits per heavy atom. The Balaban J connectivity index is 4.49. The van der Waals surface area contributed by atoms with Crippen LogP contribution in [0, 0.1) is 0 Å². The Labute approximate surface area is 163 Å². The molecule has 0 radical (unpaired) electrons. The lowest BCUT2D eigenvalue weighted by atomic mass is 10.3. The first-order valence-corrected chi connectivity index (χ1v) is 16.9. The fourth-order valence-corrected chi connectivity index (χ4v) is 10.0. The fourth-order valence-electron chi connectivity index (χ4n) is 2.30. The summed E-state index contributed by atoms with van der Waals surface area (Å²) >= 11 is 0. The van der Waals surface area contributed by atoms with Crippen molar-refractivity contribution in [3.05, 3.63) is 0 Å². The number of unbranched alkanes of at least 4 members (excludes halogenated alkanes) is 6. The lowest BCUT2D eigenvalue weighted by Gasteiger charge is -2.07. The Morgan fingerprint density at radius 3 is 0.815 bits per heavy atom. The molecule has 0 aliphatic rings. The highest BCUT2D eigenvalue weighted by Crippen LogP contribution is 2.14. The summed E-state index contributed by atoms with van der Waals surface area (Å²) in [4.78, 5) is 0. The van der Waals surface area contributed by atoms with Gasteiger partial charge in [0.15, 0.2) is 0 Å². The van der Waals surface area contributed by atoms with Gasteiger partial charge in [-0.25, -0.2) is 33.7 Å². The maximum absolute atomic E-state index is 11.9. The zero-order chi connectivity index (χ0) is 21.2. The average Bonchev–Trinajstić information content (AvgIpc) is 2.54. The molecule has 164 valence electrons. The molecule has 0 atom stereocenters. The lowest BCUT2D eigenvalue weighted by Crippen LogP contribution is -2.23. The van der Waals surface area contributed by atoms with Gasteiger partial charge in [-0.15, -0.1) is 0 Å². The van der Waals surface area contributed by atoms with Gasteiger partial charge in [0.1, 0.15) is 0 Å². The third-order valence-corrected chi connectivity index (χ3v) is 15.4. The molecular weight excluding hydrogens is 436 g/mol. The molecule has 0 bridgehead atoms. The minimum absolute atomic E-state index is 0.0270. The summed E-state index contributed by atoms with van der Waals surface area (Å²) in [6.07, 6.45) is 3.42. The molecule has 0 fully saturated rings. The van der Waals surface area contributed by atoms with Crippen LogP contribution >= 0.6 is 0 Å². The molecule has 0 N–H and O–H groups in total. The van der Waals surface area contributed by atoms with E-state index in [2.05, 4.69) is 0 Å². The Kier molecular flexibility index (Phi) is 11.6. The minimum Gasteiger partial charge on any atom is -0.213 e. The van der Waals surface area contributed by atoms with Gasteiger partial charge in [0.2, 0.25) is 0 Å². The summed E-state index contributed by atoms with van der Waals surface area (Å²) in [5.74, 6) is -1.98. The molecule has 0 amide bonds. The third kappa shape index (κ3) is 9.23. The molecule has 0 saturated carbocycles. The van der Waals surface area contributed by atoms with E-state index in [1.165, 1.54) is 0 Å². The molecule has 0 aromatic heterocycles. The van der Waals surface area contributed by atoms with E-state index < -0.39 is 58.5 Å². The van der Waals surface area contributed by atoms with Crippen LogP contribution in [0.5, 0.6) is 0 Å². The molecule has 8 nitrogen and oxygen atoms in total. The largest absolute Gasteiger partial charge is 0.253 e. The molecule has 0 spiro atoms. The van der Waals surface area contributed by atoms with Crippen molar-refractivity contribution in [1.29, 1.82) is 0 Å².